The van der Waals surface area contributed by atoms with Crippen molar-refractivity contribution in [3.63, 3.8) is 0 Å². The normalized spacial score (nSPS) is 10.5. The van der Waals surface area contributed by atoms with Crippen LogP contribution in [0.2, 0.25) is 0 Å². The Bertz CT molecular complexity index is 1010. The lowest BCUT2D eigenvalue weighted by Gasteiger charge is -2.10. The van der Waals surface area contributed by atoms with Gasteiger partial charge in [0.1, 0.15) is 12.4 Å². The van der Waals surface area contributed by atoms with Crippen LogP contribution in [-0.2, 0) is 16.1 Å². The summed E-state index contributed by atoms with van der Waals surface area (Å²) in [6, 6.07) is 12.1. The van der Waals surface area contributed by atoms with Gasteiger partial charge in [0.2, 0.25) is 17.2 Å². The second kappa shape index (κ2) is 7.56. The average molecular weight is 354 g/mol. The van der Waals surface area contributed by atoms with Crippen LogP contribution in [0.15, 0.2) is 59.5 Å². The van der Waals surface area contributed by atoms with Crippen molar-refractivity contribution in [2.75, 3.05) is 11.9 Å². The largest absolute Gasteiger partial charge is 0.345 e. The molecule has 0 aliphatic rings. The molecule has 2 amide bonds. The van der Waals surface area contributed by atoms with Gasteiger partial charge < -0.3 is 10.6 Å². The van der Waals surface area contributed by atoms with E-state index in [9.17, 15) is 18.8 Å². The Labute approximate surface area is 147 Å². The summed E-state index contributed by atoms with van der Waals surface area (Å²) >= 11 is 0. The molecule has 0 spiro atoms. The van der Waals surface area contributed by atoms with Crippen molar-refractivity contribution in [2.45, 2.75) is 6.54 Å². The number of benzene rings is 2. The molecular formula is C18H15FN4O3. The van der Waals surface area contributed by atoms with Crippen LogP contribution in [0.5, 0.6) is 0 Å². The Morgan fingerprint density at radius 3 is 2.54 bits per heavy atom. The average Bonchev–Trinajstić information content (AvgIpc) is 2.64. The lowest BCUT2D eigenvalue weighted by atomic mass is 10.2. The molecule has 3 aromatic rings. The summed E-state index contributed by atoms with van der Waals surface area (Å²) in [5.41, 5.74) is 0.737. The third kappa shape index (κ3) is 4.10. The summed E-state index contributed by atoms with van der Waals surface area (Å²) in [6.07, 6.45) is 1.15. The molecule has 2 N–H and O–H groups in total. The number of hydrogen-bond acceptors (Lipinski definition) is 4. The molecule has 7 nitrogen and oxygen atoms in total. The fraction of sp³-hybridized carbons (Fsp3) is 0.111. The van der Waals surface area contributed by atoms with Crippen LogP contribution in [-0.4, -0.2) is 28.1 Å². The lowest BCUT2D eigenvalue weighted by Crippen LogP contribution is -2.35. The molecule has 8 heteroatoms. The first-order valence-corrected chi connectivity index (χ1v) is 7.80. The third-order valence-electron chi connectivity index (χ3n) is 3.63. The van der Waals surface area contributed by atoms with E-state index in [0.29, 0.717) is 16.6 Å². The lowest BCUT2D eigenvalue weighted by molar-refractivity contribution is -0.124. The Hall–Kier alpha value is -3.55. The van der Waals surface area contributed by atoms with Crippen molar-refractivity contribution in [1.29, 1.82) is 0 Å². The number of hydrogen-bond donors (Lipinski definition) is 2. The molecule has 26 heavy (non-hydrogen) atoms. The van der Waals surface area contributed by atoms with Gasteiger partial charge in [-0.3, -0.25) is 19.1 Å². The highest BCUT2D eigenvalue weighted by molar-refractivity contribution is 5.94. The first-order chi connectivity index (χ1) is 12.5. The molecule has 0 atom stereocenters. The van der Waals surface area contributed by atoms with Crippen LogP contribution < -0.4 is 16.1 Å². The summed E-state index contributed by atoms with van der Waals surface area (Å²) < 4.78 is 14.2. The SMILES string of the molecule is O=C(Cn1ncc(=O)c2ccccc21)NCC(=O)Nc1ccc(F)cc1. The van der Waals surface area contributed by atoms with Gasteiger partial charge in [0, 0.05) is 11.1 Å². The van der Waals surface area contributed by atoms with E-state index in [1.54, 1.807) is 24.3 Å². The number of aromatic nitrogens is 2. The van der Waals surface area contributed by atoms with E-state index in [2.05, 4.69) is 15.7 Å². The second-order valence-corrected chi connectivity index (χ2v) is 5.52. The number of nitrogens with zero attached hydrogens (tertiary/aromatic N) is 2. The summed E-state index contributed by atoms with van der Waals surface area (Å²) in [4.78, 5) is 35.7. The number of amides is 2. The number of carbonyl (C=O) groups is 2. The van der Waals surface area contributed by atoms with Gasteiger partial charge >= 0.3 is 0 Å². The molecule has 132 valence electrons. The predicted octanol–water partition coefficient (Wildman–Crippen LogP) is 1.29. The highest BCUT2D eigenvalue weighted by Crippen LogP contribution is 2.08. The van der Waals surface area contributed by atoms with Gasteiger partial charge in [-0.1, -0.05) is 12.1 Å². The predicted molar refractivity (Wildman–Crippen MR) is 94.0 cm³/mol. The zero-order valence-corrected chi connectivity index (χ0v) is 13.6. The first kappa shape index (κ1) is 17.3. The smallest absolute Gasteiger partial charge is 0.243 e. The monoisotopic (exact) mass is 354 g/mol. The molecule has 2 aromatic carbocycles. The second-order valence-electron chi connectivity index (χ2n) is 5.52. The molecule has 0 radical (unpaired) electrons. The standard InChI is InChI=1S/C18H15FN4O3/c19-12-5-7-13(8-6-12)22-17(25)10-20-18(26)11-23-15-4-2-1-3-14(15)16(24)9-21-23/h1-9H,10-11H2,(H,20,26)(H,22,25). The zero-order valence-electron chi connectivity index (χ0n) is 13.6. The number of rotatable bonds is 5. The number of fused-ring (bicyclic) bond motifs is 1. The van der Waals surface area contributed by atoms with Crippen LogP contribution in [0, 0.1) is 5.82 Å². The minimum atomic E-state index is -0.442. The van der Waals surface area contributed by atoms with Crippen LogP contribution >= 0.6 is 0 Å². The molecule has 0 bridgehead atoms. The topological polar surface area (TPSA) is 93.1 Å². The maximum atomic E-state index is 12.8. The van der Waals surface area contributed by atoms with Gasteiger partial charge in [0.25, 0.3) is 0 Å². The Morgan fingerprint density at radius 1 is 1.04 bits per heavy atom. The highest BCUT2D eigenvalue weighted by Gasteiger charge is 2.10. The number of anilines is 1. The molecular weight excluding hydrogens is 339 g/mol. The van der Waals surface area contributed by atoms with Crippen molar-refractivity contribution in [3.8, 4) is 0 Å². The molecule has 1 aromatic heterocycles. The number of nitrogens with one attached hydrogen (secondary N) is 2. The summed E-state index contributed by atoms with van der Waals surface area (Å²) in [6.45, 7) is -0.376. The van der Waals surface area contributed by atoms with E-state index >= 15 is 0 Å². The van der Waals surface area contributed by atoms with E-state index in [1.807, 2.05) is 0 Å². The van der Waals surface area contributed by atoms with E-state index in [1.165, 1.54) is 28.9 Å². The molecule has 0 fully saturated rings. The molecule has 0 aliphatic carbocycles. The summed E-state index contributed by atoms with van der Waals surface area (Å²) in [5.74, 6) is -1.28. The summed E-state index contributed by atoms with van der Waals surface area (Å²) in [7, 11) is 0. The first-order valence-electron chi connectivity index (χ1n) is 7.80. The Balaban J connectivity index is 1.59. The minimum absolute atomic E-state index is 0.134. The van der Waals surface area contributed by atoms with E-state index in [0.717, 1.165) is 6.20 Å². The third-order valence-corrected chi connectivity index (χ3v) is 3.63. The molecule has 0 aliphatic heterocycles. The van der Waals surface area contributed by atoms with E-state index < -0.39 is 17.6 Å². The van der Waals surface area contributed by atoms with Gasteiger partial charge in [0.15, 0.2) is 0 Å². The molecule has 1 heterocycles. The van der Waals surface area contributed by atoms with Crippen molar-refractivity contribution in [3.05, 3.63) is 70.8 Å². The maximum absolute atomic E-state index is 12.8. The molecule has 0 unspecified atom stereocenters. The van der Waals surface area contributed by atoms with Crippen LogP contribution in [0.25, 0.3) is 10.9 Å². The van der Waals surface area contributed by atoms with Crippen LogP contribution in [0.1, 0.15) is 0 Å². The van der Waals surface area contributed by atoms with Gasteiger partial charge in [-0.25, -0.2) is 4.39 Å². The number of carbonyl (C=O) groups excluding carboxylic acids is 2. The van der Waals surface area contributed by atoms with Crippen LogP contribution in [0.4, 0.5) is 10.1 Å². The van der Waals surface area contributed by atoms with Gasteiger partial charge in [0.05, 0.1) is 18.3 Å². The zero-order chi connectivity index (χ0) is 18.5. The summed E-state index contributed by atoms with van der Waals surface area (Å²) in [5, 5.41) is 9.44. The Morgan fingerprint density at radius 2 is 1.77 bits per heavy atom. The van der Waals surface area contributed by atoms with Gasteiger partial charge in [-0.2, -0.15) is 5.10 Å². The van der Waals surface area contributed by atoms with Crippen molar-refractivity contribution in [1.82, 2.24) is 15.1 Å². The quantitative estimate of drug-likeness (QED) is 0.722. The maximum Gasteiger partial charge on any atom is 0.243 e. The molecule has 3 rings (SSSR count). The molecule has 0 saturated carbocycles. The number of para-hydroxylation sites is 1. The fourth-order valence-corrected chi connectivity index (χ4v) is 2.40. The van der Waals surface area contributed by atoms with Crippen molar-refractivity contribution < 1.29 is 14.0 Å². The van der Waals surface area contributed by atoms with Crippen LogP contribution in [0.3, 0.4) is 0 Å². The van der Waals surface area contributed by atoms with Gasteiger partial charge in [-0.15, -0.1) is 0 Å². The fourth-order valence-electron chi connectivity index (χ4n) is 2.40. The van der Waals surface area contributed by atoms with E-state index in [-0.39, 0.29) is 18.5 Å². The Kier molecular flexibility index (Phi) is 5.02. The number of halogens is 1. The van der Waals surface area contributed by atoms with Gasteiger partial charge in [-0.05, 0) is 36.4 Å². The highest BCUT2D eigenvalue weighted by atomic mass is 19.1. The van der Waals surface area contributed by atoms with Crippen molar-refractivity contribution >= 4 is 28.4 Å². The minimum Gasteiger partial charge on any atom is -0.345 e. The molecule has 0 saturated heterocycles. The van der Waals surface area contributed by atoms with Crippen molar-refractivity contribution in [2.24, 2.45) is 0 Å². The van der Waals surface area contributed by atoms with E-state index in [4.69, 9.17) is 0 Å².